The van der Waals surface area contributed by atoms with Crippen molar-refractivity contribution in [2.75, 3.05) is 11.5 Å². The van der Waals surface area contributed by atoms with Gasteiger partial charge in [-0.2, -0.15) is 0 Å². The van der Waals surface area contributed by atoms with Crippen molar-refractivity contribution >= 4 is 29.3 Å². The molecule has 2 unspecified atom stereocenters. The SMILES string of the molecule is CCCCC(CC)CSc1ccc(C(=O)c2ccc(SCC(CC)CCCC)cc2)cc1. The molecule has 0 fully saturated rings. The Bertz CT molecular complexity index is 701. The van der Waals surface area contributed by atoms with Gasteiger partial charge in [-0.15, -0.1) is 23.5 Å². The molecule has 1 nitrogen and oxygen atoms in total. The number of carbonyl (C=O) groups is 1. The van der Waals surface area contributed by atoms with Gasteiger partial charge >= 0.3 is 0 Å². The van der Waals surface area contributed by atoms with Gasteiger partial charge in [-0.1, -0.05) is 66.2 Å². The van der Waals surface area contributed by atoms with Crippen LogP contribution in [0.2, 0.25) is 0 Å². The normalized spacial score (nSPS) is 13.1. The summed E-state index contributed by atoms with van der Waals surface area (Å²) in [5, 5.41) is 0. The number of ketones is 1. The summed E-state index contributed by atoms with van der Waals surface area (Å²) in [6.07, 6.45) is 10.3. The molecule has 32 heavy (non-hydrogen) atoms. The van der Waals surface area contributed by atoms with Crippen LogP contribution in [-0.2, 0) is 0 Å². The average Bonchev–Trinajstić information content (AvgIpc) is 2.84. The number of unbranched alkanes of at least 4 members (excludes halogenated alkanes) is 2. The molecule has 0 spiro atoms. The fourth-order valence-corrected chi connectivity index (χ4v) is 6.11. The van der Waals surface area contributed by atoms with E-state index in [4.69, 9.17) is 0 Å². The maximum Gasteiger partial charge on any atom is 0.193 e. The lowest BCUT2D eigenvalue weighted by atomic mass is 10.0. The van der Waals surface area contributed by atoms with Crippen molar-refractivity contribution in [1.29, 1.82) is 0 Å². The Labute approximate surface area is 205 Å². The first-order chi connectivity index (χ1) is 15.6. The Morgan fingerprint density at radius 1 is 0.656 bits per heavy atom. The van der Waals surface area contributed by atoms with E-state index in [9.17, 15) is 4.79 Å². The topological polar surface area (TPSA) is 17.1 Å². The highest BCUT2D eigenvalue weighted by Crippen LogP contribution is 2.27. The van der Waals surface area contributed by atoms with Crippen molar-refractivity contribution in [3.63, 3.8) is 0 Å². The second-order valence-corrected chi connectivity index (χ2v) is 11.0. The minimum Gasteiger partial charge on any atom is -0.289 e. The third-order valence-corrected chi connectivity index (χ3v) is 8.78. The van der Waals surface area contributed by atoms with Crippen molar-refractivity contribution in [3.8, 4) is 0 Å². The molecule has 0 aliphatic heterocycles. The van der Waals surface area contributed by atoms with Gasteiger partial charge in [0.2, 0.25) is 0 Å². The number of carbonyl (C=O) groups excluding carboxylic acids is 1. The van der Waals surface area contributed by atoms with Crippen LogP contribution in [0.15, 0.2) is 58.3 Å². The molecule has 0 saturated heterocycles. The van der Waals surface area contributed by atoms with Crippen LogP contribution < -0.4 is 0 Å². The average molecular weight is 471 g/mol. The number of hydrogen-bond donors (Lipinski definition) is 0. The summed E-state index contributed by atoms with van der Waals surface area (Å²) in [7, 11) is 0. The molecule has 0 heterocycles. The fourth-order valence-electron chi connectivity index (χ4n) is 3.80. The summed E-state index contributed by atoms with van der Waals surface area (Å²) >= 11 is 3.84. The number of rotatable bonds is 16. The van der Waals surface area contributed by atoms with Crippen LogP contribution in [0, 0.1) is 11.8 Å². The molecular weight excluding hydrogens is 428 g/mol. The van der Waals surface area contributed by atoms with E-state index in [2.05, 4.69) is 52.0 Å². The fraction of sp³-hybridized carbons (Fsp3) is 0.552. The van der Waals surface area contributed by atoms with Crippen LogP contribution in [0.1, 0.15) is 95.0 Å². The minimum atomic E-state index is 0.113. The predicted molar refractivity (Wildman–Crippen MR) is 144 cm³/mol. The zero-order valence-corrected chi connectivity index (χ0v) is 22.2. The van der Waals surface area contributed by atoms with Crippen LogP contribution in [0.4, 0.5) is 0 Å². The minimum absolute atomic E-state index is 0.113. The second-order valence-electron chi connectivity index (χ2n) is 8.83. The highest BCUT2D eigenvalue weighted by molar-refractivity contribution is 7.99. The van der Waals surface area contributed by atoms with E-state index in [0.29, 0.717) is 0 Å². The van der Waals surface area contributed by atoms with Gasteiger partial charge in [-0.25, -0.2) is 0 Å². The Hall–Kier alpha value is -1.19. The summed E-state index contributed by atoms with van der Waals surface area (Å²) in [4.78, 5) is 15.4. The van der Waals surface area contributed by atoms with E-state index in [1.807, 2.05) is 47.8 Å². The Balaban J connectivity index is 1.88. The van der Waals surface area contributed by atoms with Crippen molar-refractivity contribution in [2.45, 2.75) is 88.9 Å². The summed E-state index contributed by atoms with van der Waals surface area (Å²) in [5.41, 5.74) is 1.55. The standard InChI is InChI=1S/C29H42OS2/c1-5-9-11-23(7-3)21-31-27-17-13-25(14-18-27)29(30)26-15-19-28(20-16-26)32-22-24(8-4)12-10-6-2/h13-20,23-24H,5-12,21-22H2,1-4H3. The molecule has 0 aliphatic rings. The van der Waals surface area contributed by atoms with Gasteiger partial charge < -0.3 is 0 Å². The van der Waals surface area contributed by atoms with Crippen molar-refractivity contribution in [2.24, 2.45) is 11.8 Å². The Kier molecular flexibility index (Phi) is 13.2. The Morgan fingerprint density at radius 3 is 1.34 bits per heavy atom. The largest absolute Gasteiger partial charge is 0.289 e. The van der Waals surface area contributed by atoms with E-state index < -0.39 is 0 Å². The highest BCUT2D eigenvalue weighted by Gasteiger charge is 2.11. The van der Waals surface area contributed by atoms with Gasteiger partial charge in [-0.05, 0) is 73.2 Å². The molecular formula is C29H42OS2. The first kappa shape index (κ1) is 27.1. The monoisotopic (exact) mass is 470 g/mol. The van der Waals surface area contributed by atoms with Crippen LogP contribution in [0.3, 0.4) is 0 Å². The molecule has 0 aliphatic carbocycles. The lowest BCUT2D eigenvalue weighted by molar-refractivity contribution is 0.103. The van der Waals surface area contributed by atoms with Crippen LogP contribution in [0.25, 0.3) is 0 Å². The quantitative estimate of drug-likeness (QED) is 0.179. The van der Waals surface area contributed by atoms with E-state index >= 15 is 0 Å². The molecule has 0 saturated carbocycles. The lowest BCUT2D eigenvalue weighted by Gasteiger charge is -2.14. The maximum absolute atomic E-state index is 12.9. The third kappa shape index (κ3) is 9.35. The first-order valence-electron chi connectivity index (χ1n) is 12.6. The molecule has 0 bridgehead atoms. The van der Waals surface area contributed by atoms with Gasteiger partial charge in [-0.3, -0.25) is 4.79 Å². The summed E-state index contributed by atoms with van der Waals surface area (Å²) in [5.74, 6) is 4.02. The van der Waals surface area contributed by atoms with Crippen LogP contribution in [-0.4, -0.2) is 17.3 Å². The van der Waals surface area contributed by atoms with Crippen molar-refractivity contribution in [1.82, 2.24) is 0 Å². The molecule has 2 atom stereocenters. The van der Waals surface area contributed by atoms with Gasteiger partial charge in [0.25, 0.3) is 0 Å². The van der Waals surface area contributed by atoms with Crippen molar-refractivity contribution in [3.05, 3.63) is 59.7 Å². The summed E-state index contributed by atoms with van der Waals surface area (Å²) in [6, 6.07) is 16.4. The molecule has 2 aromatic rings. The van der Waals surface area contributed by atoms with Gasteiger partial charge in [0.15, 0.2) is 5.78 Å². The highest BCUT2D eigenvalue weighted by atomic mass is 32.2. The van der Waals surface area contributed by atoms with Crippen LogP contribution >= 0.6 is 23.5 Å². The van der Waals surface area contributed by atoms with E-state index in [1.165, 1.54) is 72.7 Å². The van der Waals surface area contributed by atoms with Gasteiger partial charge in [0.1, 0.15) is 0 Å². The number of thioether (sulfide) groups is 2. The second kappa shape index (κ2) is 15.6. The number of hydrogen-bond acceptors (Lipinski definition) is 3. The predicted octanol–water partition coefficient (Wildman–Crippen LogP) is 9.53. The first-order valence-corrected chi connectivity index (χ1v) is 14.6. The smallest absolute Gasteiger partial charge is 0.193 e. The third-order valence-electron chi connectivity index (χ3n) is 6.29. The summed E-state index contributed by atoms with van der Waals surface area (Å²) < 4.78 is 0. The van der Waals surface area contributed by atoms with Crippen LogP contribution in [0.5, 0.6) is 0 Å². The summed E-state index contributed by atoms with van der Waals surface area (Å²) in [6.45, 7) is 9.11. The Morgan fingerprint density at radius 2 is 1.03 bits per heavy atom. The van der Waals surface area contributed by atoms with Gasteiger partial charge in [0.05, 0.1) is 0 Å². The zero-order valence-electron chi connectivity index (χ0n) is 20.6. The van der Waals surface area contributed by atoms with E-state index in [0.717, 1.165) is 23.0 Å². The lowest BCUT2D eigenvalue weighted by Crippen LogP contribution is -2.03. The zero-order chi connectivity index (χ0) is 23.2. The number of benzene rings is 2. The van der Waals surface area contributed by atoms with Crippen molar-refractivity contribution < 1.29 is 4.79 Å². The van der Waals surface area contributed by atoms with E-state index in [-0.39, 0.29) is 5.78 Å². The van der Waals surface area contributed by atoms with Gasteiger partial charge in [0, 0.05) is 32.4 Å². The molecule has 0 radical (unpaired) electrons. The maximum atomic E-state index is 12.9. The van der Waals surface area contributed by atoms with E-state index in [1.54, 1.807) is 0 Å². The molecule has 176 valence electrons. The molecule has 3 heteroatoms. The molecule has 2 rings (SSSR count). The molecule has 0 amide bonds. The molecule has 0 aromatic heterocycles. The molecule has 2 aromatic carbocycles. The molecule has 0 N–H and O–H groups in total.